The normalized spacial score (nSPS) is 31.4. The molecule has 0 aliphatic heterocycles. The molecule has 13 nitrogen and oxygen atoms in total. The van der Waals surface area contributed by atoms with Gasteiger partial charge in [-0.1, -0.05) is 64.6 Å². The van der Waals surface area contributed by atoms with Crippen molar-refractivity contribution in [3.63, 3.8) is 0 Å². The van der Waals surface area contributed by atoms with Crippen molar-refractivity contribution in [2.24, 2.45) is 23.2 Å². The van der Waals surface area contributed by atoms with Crippen molar-refractivity contribution in [2.75, 3.05) is 0 Å². The van der Waals surface area contributed by atoms with Crippen LogP contribution in [0.5, 0.6) is 0 Å². The van der Waals surface area contributed by atoms with Crippen LogP contribution in [0.25, 0.3) is 0 Å². The Bertz CT molecular complexity index is 1540. The van der Waals surface area contributed by atoms with Gasteiger partial charge in [0.25, 0.3) is 0 Å². The average Bonchev–Trinajstić information content (AvgIpc) is 3.27. The maximum Gasteiger partial charge on any atom is 0.338 e. The van der Waals surface area contributed by atoms with Crippen LogP contribution in [0.15, 0.2) is 54.6 Å². The molecule has 0 saturated heterocycles. The number of hydrogen-bond acceptors (Lipinski definition) is 13. The van der Waals surface area contributed by atoms with Gasteiger partial charge in [0.05, 0.1) is 11.5 Å². The molecule has 1 aromatic carbocycles. The molecule has 0 unspecified atom stereocenters. The van der Waals surface area contributed by atoms with Gasteiger partial charge < -0.3 is 28.4 Å². The first-order chi connectivity index (χ1) is 23.2. The highest BCUT2D eigenvalue weighted by atomic mass is 16.6. The maximum absolute atomic E-state index is 14.7. The summed E-state index contributed by atoms with van der Waals surface area (Å²) in [4.78, 5) is 92.0. The van der Waals surface area contributed by atoms with Crippen LogP contribution < -0.4 is 0 Å². The van der Waals surface area contributed by atoms with Gasteiger partial charge >= 0.3 is 35.8 Å². The zero-order chi connectivity index (χ0) is 37.7. The summed E-state index contributed by atoms with van der Waals surface area (Å²) in [5.74, 6) is -8.62. The molecule has 0 radical (unpaired) electrons. The van der Waals surface area contributed by atoms with Gasteiger partial charge in [0.15, 0.2) is 29.7 Å². The Hall–Kier alpha value is -4.81. The molecule has 50 heavy (non-hydrogen) atoms. The second-order valence-corrected chi connectivity index (χ2v) is 13.5. The first kappa shape index (κ1) is 39.6. The number of ketones is 1. The van der Waals surface area contributed by atoms with Crippen LogP contribution in [-0.4, -0.2) is 77.7 Å². The first-order valence-corrected chi connectivity index (χ1v) is 16.3. The number of carbonyl (C=O) groups excluding carboxylic acids is 7. The van der Waals surface area contributed by atoms with Gasteiger partial charge in [0.1, 0.15) is 12.2 Å². The minimum Gasteiger partial charge on any atom is -0.462 e. The fourth-order valence-corrected chi connectivity index (χ4v) is 6.92. The molecular weight excluding hydrogens is 652 g/mol. The fourth-order valence-electron chi connectivity index (χ4n) is 6.92. The Morgan fingerprint density at radius 1 is 0.720 bits per heavy atom. The van der Waals surface area contributed by atoms with Crippen molar-refractivity contribution in [3.8, 4) is 0 Å². The molecule has 3 rings (SSSR count). The predicted octanol–water partition coefficient (Wildman–Crippen LogP) is 4.25. The summed E-state index contributed by atoms with van der Waals surface area (Å²) < 4.78 is 35.2. The zero-order valence-electron chi connectivity index (χ0n) is 29.9. The number of rotatable bonds is 7. The van der Waals surface area contributed by atoms with E-state index >= 15 is 0 Å². The van der Waals surface area contributed by atoms with Gasteiger partial charge in [0, 0.05) is 57.9 Å². The third-order valence-corrected chi connectivity index (χ3v) is 8.87. The summed E-state index contributed by atoms with van der Waals surface area (Å²) in [5, 5.41) is 0. The minimum absolute atomic E-state index is 0.0887. The number of carbonyl (C=O) groups is 7. The number of ether oxygens (including phenoxy) is 6. The maximum atomic E-state index is 14.7. The number of benzene rings is 1. The van der Waals surface area contributed by atoms with E-state index in [1.165, 1.54) is 18.2 Å². The van der Waals surface area contributed by atoms with Crippen molar-refractivity contribution >= 4 is 41.6 Å². The summed E-state index contributed by atoms with van der Waals surface area (Å²) in [5.41, 5.74) is -3.43. The van der Waals surface area contributed by atoms with Crippen LogP contribution in [0.2, 0.25) is 0 Å². The van der Waals surface area contributed by atoms with Crippen molar-refractivity contribution in [3.05, 3.63) is 60.2 Å². The van der Waals surface area contributed by atoms with Gasteiger partial charge in [0.2, 0.25) is 0 Å². The molecule has 1 aromatic rings. The van der Waals surface area contributed by atoms with Crippen molar-refractivity contribution in [2.45, 2.75) is 105 Å². The third kappa shape index (κ3) is 8.85. The van der Waals surface area contributed by atoms with Crippen molar-refractivity contribution in [1.82, 2.24) is 0 Å². The number of allylic oxidation sites excluding steroid dienone is 1. The molecule has 0 spiro atoms. The topological polar surface area (TPSA) is 175 Å². The van der Waals surface area contributed by atoms with Crippen LogP contribution in [-0.2, 0) is 57.2 Å². The lowest BCUT2D eigenvalue weighted by Gasteiger charge is -2.44. The zero-order valence-corrected chi connectivity index (χ0v) is 29.9. The van der Waals surface area contributed by atoms with Gasteiger partial charge in [-0.05, 0) is 18.1 Å². The number of fused-ring (bicyclic) bond motifs is 1. The van der Waals surface area contributed by atoms with Gasteiger partial charge in [-0.2, -0.15) is 0 Å². The first-order valence-electron chi connectivity index (χ1n) is 16.3. The Morgan fingerprint density at radius 3 is 1.78 bits per heavy atom. The van der Waals surface area contributed by atoms with Crippen molar-refractivity contribution in [1.29, 1.82) is 0 Å². The molecule has 0 bridgehead atoms. The van der Waals surface area contributed by atoms with E-state index in [2.05, 4.69) is 6.58 Å². The molecule has 2 aliphatic carbocycles. The van der Waals surface area contributed by atoms with Crippen LogP contribution in [0.4, 0.5) is 0 Å². The van der Waals surface area contributed by atoms with E-state index in [4.69, 9.17) is 28.4 Å². The standard InChI is InChI=1S/C37H46O13/c1-19-16-17-36(9,10)34(48-25(7)41)32(47-24(6)40)31(49-35(44)27-14-12-11-13-15-27)21(3)30(46-23(5)39)28-29(45-22(4)38)20(2)18-37(28,33(19)43)50-26(8)42/h11-17,19-20,28-32,34H,3,18H2,1-2,4-10H3/b17-16+/t19-,20+,28-,29+,30+,31+,32-,34-,37-/m1/s1. The smallest absolute Gasteiger partial charge is 0.338 e. The van der Waals surface area contributed by atoms with Crippen LogP contribution in [0, 0.1) is 23.2 Å². The predicted molar refractivity (Wildman–Crippen MR) is 176 cm³/mol. The summed E-state index contributed by atoms with van der Waals surface area (Å²) in [6.45, 7) is 16.3. The molecule has 0 N–H and O–H groups in total. The molecule has 13 heteroatoms. The highest BCUT2D eigenvalue weighted by Gasteiger charge is 2.66. The summed E-state index contributed by atoms with van der Waals surface area (Å²) >= 11 is 0. The van der Waals surface area contributed by atoms with Crippen LogP contribution in [0.1, 0.15) is 79.1 Å². The lowest BCUT2D eigenvalue weighted by atomic mass is 9.72. The van der Waals surface area contributed by atoms with Crippen molar-refractivity contribution < 1.29 is 62.0 Å². The van der Waals surface area contributed by atoms with Gasteiger partial charge in [-0.15, -0.1) is 0 Å². The molecule has 272 valence electrons. The Morgan fingerprint density at radius 2 is 1.26 bits per heavy atom. The minimum atomic E-state index is -2.05. The quantitative estimate of drug-likeness (QED) is 0.225. The monoisotopic (exact) mass is 698 g/mol. The van der Waals surface area contributed by atoms with Crippen LogP contribution in [0.3, 0.4) is 0 Å². The SMILES string of the molecule is C=C1[C@H](OC(=O)c2ccccc2)[C@@H](OC(C)=O)[C@@H](OC(C)=O)C(C)(C)/C=C/[C@@H](C)C(=O)[C@@]2(OC(C)=O)C[C@H](C)[C@H](OC(C)=O)[C@@H]2[C@H]1OC(C)=O. The summed E-state index contributed by atoms with van der Waals surface area (Å²) in [6.07, 6.45) is -4.63. The molecule has 0 heterocycles. The number of Topliss-reactive ketones (excluding diaryl/α,β-unsaturated/α-hetero) is 1. The van der Waals surface area contributed by atoms with E-state index < -0.39 is 101 Å². The Balaban J connectivity index is 2.50. The van der Waals surface area contributed by atoms with E-state index in [-0.39, 0.29) is 17.6 Å². The molecule has 9 atom stereocenters. The van der Waals surface area contributed by atoms with E-state index in [1.54, 1.807) is 52.0 Å². The van der Waals surface area contributed by atoms with Gasteiger partial charge in [-0.25, -0.2) is 4.79 Å². The van der Waals surface area contributed by atoms with Crippen LogP contribution >= 0.6 is 0 Å². The van der Waals surface area contributed by atoms with E-state index in [0.29, 0.717) is 0 Å². The fraction of sp³-hybridized carbons (Fsp3) is 0.541. The lowest BCUT2D eigenvalue weighted by Crippen LogP contribution is -2.59. The molecule has 2 aliphatic rings. The number of esters is 6. The molecule has 0 aromatic heterocycles. The molecule has 1 fully saturated rings. The molecular formula is C37H46O13. The second kappa shape index (κ2) is 15.8. The highest BCUT2D eigenvalue weighted by Crippen LogP contribution is 2.51. The summed E-state index contributed by atoms with van der Waals surface area (Å²) in [6, 6.07) is 7.82. The molecule has 0 amide bonds. The van der Waals surface area contributed by atoms with Gasteiger partial charge in [-0.3, -0.25) is 28.8 Å². The Kier molecular flexibility index (Phi) is 12.5. The number of hydrogen-bond donors (Lipinski definition) is 0. The highest BCUT2D eigenvalue weighted by molar-refractivity contribution is 5.94. The van der Waals surface area contributed by atoms with E-state index in [0.717, 1.165) is 34.6 Å². The van der Waals surface area contributed by atoms with E-state index in [9.17, 15) is 33.6 Å². The molecule has 1 saturated carbocycles. The summed E-state index contributed by atoms with van der Waals surface area (Å²) in [7, 11) is 0. The largest absolute Gasteiger partial charge is 0.462 e. The van der Waals surface area contributed by atoms with E-state index in [1.807, 2.05) is 0 Å². The lowest BCUT2D eigenvalue weighted by molar-refractivity contribution is -0.190. The third-order valence-electron chi connectivity index (χ3n) is 8.87. The second-order valence-electron chi connectivity index (χ2n) is 13.5. The average molecular weight is 699 g/mol. The Labute approximate surface area is 291 Å².